The van der Waals surface area contributed by atoms with E-state index in [9.17, 15) is 18.3 Å². The van der Waals surface area contributed by atoms with Gasteiger partial charge in [0.2, 0.25) is 6.29 Å². The molecule has 1 unspecified atom stereocenters. The number of ether oxygens (including phenoxy) is 2. The first kappa shape index (κ1) is 22.5. The largest absolute Gasteiger partial charge is 0.477 e. The highest BCUT2D eigenvalue weighted by atomic mass is 32.2. The van der Waals surface area contributed by atoms with Crippen molar-refractivity contribution in [2.45, 2.75) is 49.7 Å². The molecule has 7 nitrogen and oxygen atoms in total. The van der Waals surface area contributed by atoms with Gasteiger partial charge in [0, 0.05) is 18.5 Å². The molecule has 0 saturated heterocycles. The SMILES string of the molecule is O=C(O)C1=C(C2=COC(Cc3ccccc3)O2)c2ccccc2S(=O)(=O)N1CC1CCCCC1. The maximum Gasteiger partial charge on any atom is 0.353 e. The average Bonchev–Trinajstić information content (AvgIpc) is 3.30. The van der Waals surface area contributed by atoms with Crippen molar-refractivity contribution < 1.29 is 27.8 Å². The monoisotopic (exact) mass is 481 g/mol. The Balaban J connectivity index is 1.55. The summed E-state index contributed by atoms with van der Waals surface area (Å²) in [5.41, 5.74) is 1.29. The maximum absolute atomic E-state index is 13.6. The number of nitrogens with zero attached hydrogens (tertiary/aromatic N) is 1. The van der Waals surface area contributed by atoms with Gasteiger partial charge >= 0.3 is 5.97 Å². The van der Waals surface area contributed by atoms with E-state index in [0.29, 0.717) is 12.0 Å². The summed E-state index contributed by atoms with van der Waals surface area (Å²) < 4.78 is 40.0. The minimum atomic E-state index is -4.03. The van der Waals surface area contributed by atoms with Gasteiger partial charge in [0.25, 0.3) is 10.0 Å². The van der Waals surface area contributed by atoms with E-state index in [-0.39, 0.29) is 34.4 Å². The van der Waals surface area contributed by atoms with Crippen LogP contribution < -0.4 is 0 Å². The van der Waals surface area contributed by atoms with Crippen LogP contribution in [-0.4, -0.2) is 36.6 Å². The van der Waals surface area contributed by atoms with E-state index in [4.69, 9.17) is 9.47 Å². The third-order valence-electron chi connectivity index (χ3n) is 6.64. The highest BCUT2D eigenvalue weighted by molar-refractivity contribution is 7.89. The lowest BCUT2D eigenvalue weighted by atomic mass is 9.89. The number of aliphatic carboxylic acids is 1. The first-order valence-electron chi connectivity index (χ1n) is 11.6. The number of sulfonamides is 1. The Labute approximate surface area is 199 Å². The lowest BCUT2D eigenvalue weighted by Crippen LogP contribution is -2.41. The lowest BCUT2D eigenvalue weighted by molar-refractivity contribution is -0.133. The standard InChI is InChI=1S/C26H27NO6S/c28-26(29)25-24(21-17-32-23(33-21)15-18-9-3-1-4-10-18)20-13-7-8-14-22(20)34(30,31)27(25)16-19-11-5-2-6-12-19/h1,3-4,7-10,13-14,17,19,23H,2,5-6,11-12,15-16H2,(H,28,29). The van der Waals surface area contributed by atoms with Crippen LogP contribution in [0.3, 0.4) is 0 Å². The Morgan fingerprint density at radius 1 is 1.00 bits per heavy atom. The van der Waals surface area contributed by atoms with E-state index in [1.165, 1.54) is 12.3 Å². The summed E-state index contributed by atoms with van der Waals surface area (Å²) >= 11 is 0. The summed E-state index contributed by atoms with van der Waals surface area (Å²) in [7, 11) is -4.03. The van der Waals surface area contributed by atoms with Gasteiger partial charge in [-0.1, -0.05) is 67.8 Å². The summed E-state index contributed by atoms with van der Waals surface area (Å²) in [6.07, 6.45) is 6.20. The Hall–Kier alpha value is -3.26. The van der Waals surface area contributed by atoms with Crippen LogP contribution in [0, 0.1) is 5.92 Å². The molecule has 0 spiro atoms. The van der Waals surface area contributed by atoms with Crippen LogP contribution in [0.1, 0.15) is 43.2 Å². The predicted molar refractivity (Wildman–Crippen MR) is 126 cm³/mol. The number of carboxylic acids is 1. The minimum absolute atomic E-state index is 0.0850. The molecule has 5 rings (SSSR count). The number of fused-ring (bicyclic) bond motifs is 1. The molecule has 1 atom stereocenters. The van der Waals surface area contributed by atoms with Gasteiger partial charge in [0.05, 0.1) is 10.5 Å². The van der Waals surface area contributed by atoms with Crippen molar-refractivity contribution in [2.75, 3.05) is 6.54 Å². The Morgan fingerprint density at radius 3 is 2.44 bits per heavy atom. The fourth-order valence-electron chi connectivity index (χ4n) is 4.99. The zero-order chi connectivity index (χ0) is 23.7. The summed E-state index contributed by atoms with van der Waals surface area (Å²) in [6, 6.07) is 16.2. The third-order valence-corrected chi connectivity index (χ3v) is 8.46. The number of hydrogen-bond donors (Lipinski definition) is 1. The molecule has 2 aromatic carbocycles. The molecule has 8 heteroatoms. The van der Waals surface area contributed by atoms with Crippen LogP contribution in [0.25, 0.3) is 5.57 Å². The van der Waals surface area contributed by atoms with Crippen molar-refractivity contribution in [1.29, 1.82) is 0 Å². The Morgan fingerprint density at radius 2 is 1.71 bits per heavy atom. The fourth-order valence-corrected chi connectivity index (χ4v) is 6.75. The second-order valence-corrected chi connectivity index (χ2v) is 10.8. The molecule has 3 aliphatic rings. The van der Waals surface area contributed by atoms with Gasteiger partial charge in [-0.05, 0) is 30.4 Å². The predicted octanol–water partition coefficient (Wildman–Crippen LogP) is 4.52. The van der Waals surface area contributed by atoms with Crippen molar-refractivity contribution in [3.05, 3.63) is 83.4 Å². The molecule has 2 aliphatic heterocycles. The third kappa shape index (κ3) is 4.18. The molecular formula is C26H27NO6S. The van der Waals surface area contributed by atoms with Crippen molar-refractivity contribution in [3.63, 3.8) is 0 Å². The summed E-state index contributed by atoms with van der Waals surface area (Å²) in [4.78, 5) is 12.6. The number of hydrogen-bond acceptors (Lipinski definition) is 5. The van der Waals surface area contributed by atoms with Gasteiger partial charge in [-0.2, -0.15) is 0 Å². The number of allylic oxidation sites excluding steroid dienone is 1. The fraction of sp³-hybridized carbons (Fsp3) is 0.346. The number of carboxylic acid groups (broad SMARTS) is 1. The molecule has 1 N–H and O–H groups in total. The zero-order valence-electron chi connectivity index (χ0n) is 18.7. The van der Waals surface area contributed by atoms with Crippen LogP contribution in [0.4, 0.5) is 0 Å². The molecule has 2 heterocycles. The summed E-state index contributed by atoms with van der Waals surface area (Å²) in [6.45, 7) is 0.142. The van der Waals surface area contributed by atoms with E-state index in [2.05, 4.69) is 0 Å². The molecular weight excluding hydrogens is 454 g/mol. The maximum atomic E-state index is 13.6. The molecule has 34 heavy (non-hydrogen) atoms. The molecule has 0 bridgehead atoms. The lowest BCUT2D eigenvalue weighted by Gasteiger charge is -2.35. The number of rotatable bonds is 6. The van der Waals surface area contributed by atoms with Crippen LogP contribution in [0.15, 0.2) is 77.2 Å². The molecule has 1 aliphatic carbocycles. The van der Waals surface area contributed by atoms with Crippen molar-refractivity contribution in [3.8, 4) is 0 Å². The first-order valence-corrected chi connectivity index (χ1v) is 13.1. The summed E-state index contributed by atoms with van der Waals surface area (Å²) in [5.74, 6) is -0.959. The Bertz CT molecular complexity index is 1250. The van der Waals surface area contributed by atoms with E-state index in [0.717, 1.165) is 42.0 Å². The van der Waals surface area contributed by atoms with Gasteiger partial charge in [-0.25, -0.2) is 13.2 Å². The second kappa shape index (κ2) is 9.18. The van der Waals surface area contributed by atoms with Crippen LogP contribution in [0.2, 0.25) is 0 Å². The van der Waals surface area contributed by atoms with Gasteiger partial charge in [-0.15, -0.1) is 0 Å². The zero-order valence-corrected chi connectivity index (χ0v) is 19.5. The van der Waals surface area contributed by atoms with Crippen LogP contribution in [-0.2, 0) is 30.7 Å². The van der Waals surface area contributed by atoms with Gasteiger partial charge < -0.3 is 14.6 Å². The first-order chi connectivity index (χ1) is 16.4. The quantitative estimate of drug-likeness (QED) is 0.652. The number of benzene rings is 2. The molecule has 0 radical (unpaired) electrons. The van der Waals surface area contributed by atoms with Gasteiger partial charge in [0.15, 0.2) is 5.76 Å². The highest BCUT2D eigenvalue weighted by Gasteiger charge is 2.43. The van der Waals surface area contributed by atoms with Gasteiger partial charge in [0.1, 0.15) is 12.0 Å². The van der Waals surface area contributed by atoms with Crippen molar-refractivity contribution >= 4 is 21.6 Å². The van der Waals surface area contributed by atoms with E-state index < -0.39 is 22.3 Å². The molecule has 0 aromatic heterocycles. The van der Waals surface area contributed by atoms with Gasteiger partial charge in [-0.3, -0.25) is 4.31 Å². The molecule has 2 aromatic rings. The highest BCUT2D eigenvalue weighted by Crippen LogP contribution is 2.43. The smallest absolute Gasteiger partial charge is 0.353 e. The molecule has 178 valence electrons. The van der Waals surface area contributed by atoms with E-state index >= 15 is 0 Å². The molecule has 0 amide bonds. The van der Waals surface area contributed by atoms with E-state index in [1.807, 2.05) is 30.3 Å². The van der Waals surface area contributed by atoms with Crippen molar-refractivity contribution in [2.24, 2.45) is 5.92 Å². The van der Waals surface area contributed by atoms with Crippen LogP contribution >= 0.6 is 0 Å². The van der Waals surface area contributed by atoms with Crippen LogP contribution in [0.5, 0.6) is 0 Å². The topological polar surface area (TPSA) is 93.1 Å². The molecule has 1 saturated carbocycles. The average molecular weight is 482 g/mol. The number of carbonyl (C=O) groups is 1. The second-order valence-electron chi connectivity index (χ2n) is 8.92. The normalized spacial score (nSPS) is 21.9. The summed E-state index contributed by atoms with van der Waals surface area (Å²) in [5, 5.41) is 10.2. The minimum Gasteiger partial charge on any atom is -0.477 e. The molecule has 1 fully saturated rings. The van der Waals surface area contributed by atoms with Crippen molar-refractivity contribution in [1.82, 2.24) is 4.31 Å². The Kier molecular flexibility index (Phi) is 6.08. The van der Waals surface area contributed by atoms with E-state index in [1.54, 1.807) is 18.2 Å².